The van der Waals surface area contributed by atoms with Crippen LogP contribution in [-0.2, 0) is 11.0 Å². The Morgan fingerprint density at radius 2 is 2.00 bits per heavy atom. The van der Waals surface area contributed by atoms with Crippen LogP contribution >= 0.6 is 0 Å². The monoisotopic (exact) mass is 79.0 g/mol. The molecular formula is CH5NOS. The predicted octanol–water partition coefficient (Wildman–Crippen LogP) is 0.470. The molecule has 4 heavy (non-hydrogen) atoms. The van der Waals surface area contributed by atoms with Crippen molar-refractivity contribution in [3.8, 4) is 0 Å². The molecular weight excluding hydrogens is 74.1 g/mol. The van der Waals surface area contributed by atoms with Gasteiger partial charge in [0.05, 0.1) is 0 Å². The van der Waals surface area contributed by atoms with Gasteiger partial charge in [-0.1, -0.05) is 0 Å². The lowest BCUT2D eigenvalue weighted by Crippen LogP contribution is -1.68. The van der Waals surface area contributed by atoms with Gasteiger partial charge in [-0.25, -0.2) is 0 Å². The van der Waals surface area contributed by atoms with Crippen LogP contribution in [0.5, 0.6) is 0 Å². The molecule has 0 aliphatic rings. The molecule has 0 aromatic rings. The molecule has 1 atom stereocenters. The van der Waals surface area contributed by atoms with Crippen molar-refractivity contribution < 1.29 is 4.55 Å². The number of hydrogen-bond acceptors (Lipinski definition) is 1. The van der Waals surface area contributed by atoms with Crippen LogP contribution in [0.1, 0.15) is 0 Å². The standard InChI is InChI=1S/CH5NOS/c1-4(2)3/h1H3,(H2,2,3). The van der Waals surface area contributed by atoms with Gasteiger partial charge in [-0.05, 0) is 0 Å². The quantitative estimate of drug-likeness (QED) is 0.435. The molecule has 0 aliphatic carbocycles. The molecule has 26 valence electrons. The van der Waals surface area contributed by atoms with E-state index in [1.54, 1.807) is 0 Å². The minimum atomic E-state index is -1.11. The van der Waals surface area contributed by atoms with Crippen LogP contribution in [0.25, 0.3) is 0 Å². The Kier molecular flexibility index (Phi) is 1.47. The molecule has 0 bridgehead atoms. The summed E-state index contributed by atoms with van der Waals surface area (Å²) in [6.07, 6.45) is 1.42. The van der Waals surface area contributed by atoms with Crippen LogP contribution < -0.4 is 0 Å². The second-order valence-electron chi connectivity index (χ2n) is 0.478. The number of hydrogen-bond donors (Lipinski definition) is 2. The van der Waals surface area contributed by atoms with Crippen molar-refractivity contribution in [2.24, 2.45) is 0 Å². The molecule has 0 aliphatic heterocycles. The van der Waals surface area contributed by atoms with E-state index in [4.69, 9.17) is 9.33 Å². The largest absolute Gasteiger partial charge is 0.322 e. The molecule has 2 N–H and O–H groups in total. The second kappa shape index (κ2) is 1.43. The fourth-order valence-electron chi connectivity index (χ4n) is 0. The van der Waals surface area contributed by atoms with Gasteiger partial charge in [-0.2, -0.15) is 0 Å². The first-order valence-corrected chi connectivity index (χ1v) is 2.38. The van der Waals surface area contributed by atoms with Gasteiger partial charge in [-0.15, -0.1) is 0 Å². The van der Waals surface area contributed by atoms with Crippen molar-refractivity contribution in [3.63, 3.8) is 0 Å². The average molecular weight is 79.1 g/mol. The molecule has 0 aromatic carbocycles. The van der Waals surface area contributed by atoms with Gasteiger partial charge in [0, 0.05) is 17.2 Å². The molecule has 0 fully saturated rings. The molecule has 0 aromatic heterocycles. The van der Waals surface area contributed by atoms with Gasteiger partial charge in [0.15, 0.2) is 0 Å². The fraction of sp³-hybridized carbons (Fsp3) is 1.00. The molecule has 1 unspecified atom stereocenters. The highest BCUT2D eigenvalue weighted by atomic mass is 32.2. The Balaban J connectivity index is 2.80. The van der Waals surface area contributed by atoms with E-state index in [0.717, 1.165) is 0 Å². The van der Waals surface area contributed by atoms with Crippen molar-refractivity contribution in [1.29, 1.82) is 4.78 Å². The highest BCUT2D eigenvalue weighted by Gasteiger charge is 1.52. The van der Waals surface area contributed by atoms with Crippen LogP contribution in [0.3, 0.4) is 0 Å². The van der Waals surface area contributed by atoms with Gasteiger partial charge < -0.3 is 4.55 Å². The van der Waals surface area contributed by atoms with E-state index in [-0.39, 0.29) is 0 Å². The summed E-state index contributed by atoms with van der Waals surface area (Å²) in [7, 11) is -1.11. The highest BCUT2D eigenvalue weighted by molar-refractivity contribution is 7.79. The minimum absolute atomic E-state index is 1.11. The first kappa shape index (κ1) is 4.11. The average Bonchev–Trinajstić information content (AvgIpc) is 0.811. The van der Waals surface area contributed by atoms with Gasteiger partial charge >= 0.3 is 0 Å². The number of nitrogens with one attached hydrogen (secondary N) is 1. The molecule has 2 nitrogen and oxygen atoms in total. The van der Waals surface area contributed by atoms with E-state index in [1.165, 1.54) is 6.26 Å². The molecule has 0 spiro atoms. The summed E-state index contributed by atoms with van der Waals surface area (Å²) >= 11 is 0. The Morgan fingerprint density at radius 1 is 2.00 bits per heavy atom. The van der Waals surface area contributed by atoms with Crippen LogP contribution in [0.2, 0.25) is 0 Å². The van der Waals surface area contributed by atoms with Crippen LogP contribution in [0.15, 0.2) is 0 Å². The lowest BCUT2D eigenvalue weighted by atomic mass is 12.0. The van der Waals surface area contributed by atoms with E-state index in [1.807, 2.05) is 0 Å². The first-order valence-electron chi connectivity index (χ1n) is 0.795. The topological polar surface area (TPSA) is 44.1 Å². The lowest BCUT2D eigenvalue weighted by Gasteiger charge is -1.67. The predicted molar refractivity (Wildman–Crippen MR) is 18.6 cm³/mol. The third kappa shape index (κ3) is 215. The molecule has 0 heterocycles. The highest BCUT2D eigenvalue weighted by Crippen LogP contribution is 1.50. The normalized spacial score (nSPS) is 15.5. The molecule has 0 amide bonds. The van der Waals surface area contributed by atoms with Gasteiger partial charge in [0.2, 0.25) is 0 Å². The summed E-state index contributed by atoms with van der Waals surface area (Å²) in [4.78, 5) is 0. The lowest BCUT2D eigenvalue weighted by molar-refractivity contribution is 0.651. The summed E-state index contributed by atoms with van der Waals surface area (Å²) in [6.45, 7) is 0. The van der Waals surface area contributed by atoms with E-state index >= 15 is 0 Å². The summed E-state index contributed by atoms with van der Waals surface area (Å²) in [5.74, 6) is 0. The van der Waals surface area contributed by atoms with Crippen molar-refractivity contribution in [3.05, 3.63) is 0 Å². The van der Waals surface area contributed by atoms with Crippen LogP contribution in [0, 0.1) is 4.78 Å². The third-order valence-corrected chi connectivity index (χ3v) is 0. The Hall–Kier alpha value is 0.110. The third-order valence-electron chi connectivity index (χ3n) is 0. The van der Waals surface area contributed by atoms with Crippen LogP contribution in [0.4, 0.5) is 0 Å². The van der Waals surface area contributed by atoms with E-state index in [2.05, 4.69) is 0 Å². The molecule has 0 saturated heterocycles. The summed E-state index contributed by atoms with van der Waals surface area (Å²) in [5.41, 5.74) is 0. The molecule has 3 heteroatoms. The van der Waals surface area contributed by atoms with Crippen LogP contribution in [-0.4, -0.2) is 10.8 Å². The second-order valence-corrected chi connectivity index (χ2v) is 1.43. The van der Waals surface area contributed by atoms with Crippen molar-refractivity contribution in [2.75, 3.05) is 6.26 Å². The Labute approximate surface area is 27.6 Å². The zero-order valence-electron chi connectivity index (χ0n) is 2.36. The minimum Gasteiger partial charge on any atom is -0.322 e. The number of rotatable bonds is 0. The van der Waals surface area contributed by atoms with Gasteiger partial charge in [-0.3, -0.25) is 4.78 Å². The van der Waals surface area contributed by atoms with Crippen molar-refractivity contribution in [1.82, 2.24) is 0 Å². The fourth-order valence-corrected chi connectivity index (χ4v) is 0. The Morgan fingerprint density at radius 3 is 2.00 bits per heavy atom. The van der Waals surface area contributed by atoms with E-state index in [0.29, 0.717) is 0 Å². The van der Waals surface area contributed by atoms with Crippen molar-refractivity contribution >= 4 is 11.0 Å². The molecule has 0 saturated carbocycles. The van der Waals surface area contributed by atoms with Gasteiger partial charge in [0.1, 0.15) is 0 Å². The zero-order valence-corrected chi connectivity index (χ0v) is 3.17. The molecule has 0 radical (unpaired) electrons. The Bertz CT molecular complexity index is 31.0. The van der Waals surface area contributed by atoms with Gasteiger partial charge in [0.25, 0.3) is 0 Å². The maximum Gasteiger partial charge on any atom is 0.0196 e. The first-order chi connectivity index (χ1) is 1.73. The zero-order chi connectivity index (χ0) is 3.58. The smallest absolute Gasteiger partial charge is 0.0196 e. The van der Waals surface area contributed by atoms with E-state index < -0.39 is 11.0 Å². The summed E-state index contributed by atoms with van der Waals surface area (Å²) < 4.78 is 13.9. The van der Waals surface area contributed by atoms with Crippen molar-refractivity contribution in [2.45, 2.75) is 0 Å². The summed E-state index contributed by atoms with van der Waals surface area (Å²) in [6, 6.07) is 0. The molecule has 0 rings (SSSR count). The maximum atomic E-state index is 7.75. The van der Waals surface area contributed by atoms with E-state index in [9.17, 15) is 0 Å². The summed E-state index contributed by atoms with van der Waals surface area (Å²) in [5, 5.41) is 0. The maximum absolute atomic E-state index is 7.75. The SMILES string of the molecule is CS(=N)O.